The first-order chi connectivity index (χ1) is 8.49. The molecule has 1 aromatic carbocycles. The molecule has 3 amide bonds. The Morgan fingerprint density at radius 3 is 2.83 bits per heavy atom. The maximum absolute atomic E-state index is 11.4. The predicted molar refractivity (Wildman–Crippen MR) is 63.2 cm³/mol. The smallest absolute Gasteiger partial charge is 0.313 e. The molecular formula is C11H11N3O4. The van der Waals surface area contributed by atoms with Gasteiger partial charge in [0.2, 0.25) is 0 Å². The lowest BCUT2D eigenvalue weighted by atomic mass is 10.2. The maximum Gasteiger partial charge on any atom is 0.313 e. The van der Waals surface area contributed by atoms with Crippen molar-refractivity contribution < 1.29 is 19.1 Å². The maximum atomic E-state index is 11.4. The number of anilines is 2. The van der Waals surface area contributed by atoms with Gasteiger partial charge in [0.1, 0.15) is 5.75 Å². The lowest BCUT2D eigenvalue weighted by molar-refractivity contribution is -0.134. The number of hydrogen-bond donors (Lipinski definition) is 2. The number of amides is 3. The monoisotopic (exact) mass is 249 g/mol. The highest BCUT2D eigenvalue weighted by Crippen LogP contribution is 2.33. The van der Waals surface area contributed by atoms with Crippen LogP contribution < -0.4 is 20.7 Å². The van der Waals surface area contributed by atoms with E-state index in [2.05, 4.69) is 5.32 Å². The summed E-state index contributed by atoms with van der Waals surface area (Å²) in [5.41, 5.74) is 5.72. The largest absolute Gasteiger partial charge is 0.482 e. The molecule has 0 saturated heterocycles. The van der Waals surface area contributed by atoms with E-state index >= 15 is 0 Å². The zero-order chi connectivity index (χ0) is 13.3. The van der Waals surface area contributed by atoms with Crippen LogP contribution in [0.2, 0.25) is 0 Å². The van der Waals surface area contributed by atoms with Gasteiger partial charge in [0.25, 0.3) is 5.91 Å². The van der Waals surface area contributed by atoms with Gasteiger partial charge < -0.3 is 20.7 Å². The van der Waals surface area contributed by atoms with Gasteiger partial charge in [0, 0.05) is 12.7 Å². The van der Waals surface area contributed by atoms with Crippen LogP contribution in [0.1, 0.15) is 0 Å². The van der Waals surface area contributed by atoms with Crippen molar-refractivity contribution in [3.63, 3.8) is 0 Å². The van der Waals surface area contributed by atoms with Crippen LogP contribution in [0.25, 0.3) is 0 Å². The average molecular weight is 249 g/mol. The molecule has 7 nitrogen and oxygen atoms in total. The lowest BCUT2D eigenvalue weighted by Crippen LogP contribution is -2.35. The van der Waals surface area contributed by atoms with Gasteiger partial charge in [-0.3, -0.25) is 14.4 Å². The van der Waals surface area contributed by atoms with Crippen LogP contribution in [0.3, 0.4) is 0 Å². The molecule has 1 aliphatic rings. The van der Waals surface area contributed by atoms with E-state index in [1.165, 1.54) is 11.0 Å². The van der Waals surface area contributed by atoms with Crippen LogP contribution in [-0.4, -0.2) is 31.4 Å². The van der Waals surface area contributed by atoms with E-state index in [1.54, 1.807) is 19.2 Å². The zero-order valence-electron chi connectivity index (χ0n) is 9.60. The van der Waals surface area contributed by atoms with E-state index in [9.17, 15) is 14.4 Å². The predicted octanol–water partition coefficient (Wildman–Crippen LogP) is -0.534. The van der Waals surface area contributed by atoms with Crippen LogP contribution in [0, 0.1) is 0 Å². The first kappa shape index (κ1) is 11.9. The number of hydrogen-bond acceptors (Lipinski definition) is 4. The average Bonchev–Trinajstić information content (AvgIpc) is 2.34. The van der Waals surface area contributed by atoms with Crippen LogP contribution in [0.5, 0.6) is 5.75 Å². The van der Waals surface area contributed by atoms with Gasteiger partial charge in [-0.1, -0.05) is 0 Å². The summed E-state index contributed by atoms with van der Waals surface area (Å²) in [6.07, 6.45) is 0. The number of nitrogens with one attached hydrogen (secondary N) is 1. The van der Waals surface area contributed by atoms with E-state index in [4.69, 9.17) is 10.5 Å². The lowest BCUT2D eigenvalue weighted by Gasteiger charge is -2.26. The highest BCUT2D eigenvalue weighted by Gasteiger charge is 2.22. The van der Waals surface area contributed by atoms with Crippen molar-refractivity contribution in [3.8, 4) is 5.75 Å². The molecule has 0 spiro atoms. The number of likely N-dealkylation sites (N-methyl/N-ethyl adjacent to an activating group) is 1. The third-order valence-electron chi connectivity index (χ3n) is 2.53. The summed E-state index contributed by atoms with van der Waals surface area (Å²) in [6, 6.07) is 4.70. The number of primary amides is 1. The molecule has 0 unspecified atom stereocenters. The Morgan fingerprint density at radius 1 is 1.44 bits per heavy atom. The number of carbonyl (C=O) groups is 3. The zero-order valence-corrected chi connectivity index (χ0v) is 9.60. The van der Waals surface area contributed by atoms with Crippen LogP contribution >= 0.6 is 0 Å². The van der Waals surface area contributed by atoms with E-state index in [-0.39, 0.29) is 12.5 Å². The van der Waals surface area contributed by atoms with Gasteiger partial charge >= 0.3 is 11.8 Å². The van der Waals surface area contributed by atoms with E-state index < -0.39 is 11.8 Å². The minimum absolute atomic E-state index is 0.0174. The van der Waals surface area contributed by atoms with Gasteiger partial charge in [0.05, 0.1) is 5.69 Å². The number of carbonyl (C=O) groups excluding carboxylic acids is 3. The number of rotatable bonds is 1. The number of nitrogens with zero attached hydrogens (tertiary/aromatic N) is 1. The second kappa shape index (κ2) is 4.36. The van der Waals surface area contributed by atoms with Crippen molar-refractivity contribution in [3.05, 3.63) is 18.2 Å². The first-order valence-electron chi connectivity index (χ1n) is 5.13. The van der Waals surface area contributed by atoms with E-state index in [1.807, 2.05) is 0 Å². The fourth-order valence-corrected chi connectivity index (χ4v) is 1.54. The Balaban J connectivity index is 2.29. The topological polar surface area (TPSA) is 102 Å². The molecular weight excluding hydrogens is 238 g/mol. The number of nitrogens with two attached hydrogens (primary N) is 1. The third-order valence-corrected chi connectivity index (χ3v) is 2.53. The molecule has 0 saturated carbocycles. The molecule has 0 radical (unpaired) electrons. The molecule has 1 aromatic rings. The molecule has 1 aliphatic heterocycles. The molecule has 0 fully saturated rings. The van der Waals surface area contributed by atoms with Gasteiger partial charge in [-0.2, -0.15) is 0 Å². The van der Waals surface area contributed by atoms with Crippen molar-refractivity contribution in [2.75, 3.05) is 23.9 Å². The molecule has 18 heavy (non-hydrogen) atoms. The summed E-state index contributed by atoms with van der Waals surface area (Å²) in [5, 5.41) is 2.32. The first-order valence-corrected chi connectivity index (χ1v) is 5.13. The minimum Gasteiger partial charge on any atom is -0.482 e. The van der Waals surface area contributed by atoms with Crippen molar-refractivity contribution in [1.29, 1.82) is 0 Å². The van der Waals surface area contributed by atoms with Crippen molar-refractivity contribution >= 4 is 29.1 Å². The Kier molecular flexibility index (Phi) is 2.88. The molecule has 94 valence electrons. The Labute approximate surface area is 102 Å². The van der Waals surface area contributed by atoms with Gasteiger partial charge in [-0.15, -0.1) is 0 Å². The fourth-order valence-electron chi connectivity index (χ4n) is 1.54. The number of fused-ring (bicyclic) bond motifs is 1. The van der Waals surface area contributed by atoms with Crippen molar-refractivity contribution in [1.82, 2.24) is 0 Å². The molecule has 7 heteroatoms. The Morgan fingerprint density at radius 2 is 2.17 bits per heavy atom. The highest BCUT2D eigenvalue weighted by molar-refractivity contribution is 6.39. The fraction of sp³-hybridized carbons (Fsp3) is 0.182. The second-order valence-corrected chi connectivity index (χ2v) is 3.74. The van der Waals surface area contributed by atoms with Crippen LogP contribution in [-0.2, 0) is 14.4 Å². The third kappa shape index (κ3) is 2.10. The summed E-state index contributed by atoms with van der Waals surface area (Å²) >= 11 is 0. The molecule has 1 heterocycles. The molecule has 0 atom stereocenters. The van der Waals surface area contributed by atoms with Gasteiger partial charge in [0.15, 0.2) is 6.61 Å². The molecule has 3 N–H and O–H groups in total. The Hall–Kier alpha value is -2.57. The molecule has 0 bridgehead atoms. The van der Waals surface area contributed by atoms with Gasteiger partial charge in [-0.05, 0) is 18.2 Å². The molecule has 2 rings (SSSR count). The quantitative estimate of drug-likeness (QED) is 0.653. The SMILES string of the molecule is CN1C(=O)COc2ccc(NC(=O)C(N)=O)cc21. The van der Waals surface area contributed by atoms with E-state index in [0.29, 0.717) is 17.1 Å². The van der Waals surface area contributed by atoms with Crippen molar-refractivity contribution in [2.24, 2.45) is 5.73 Å². The summed E-state index contributed by atoms with van der Waals surface area (Å²) in [6.45, 7) is -0.0174. The van der Waals surface area contributed by atoms with Crippen molar-refractivity contribution in [2.45, 2.75) is 0 Å². The normalized spacial score (nSPS) is 13.6. The van der Waals surface area contributed by atoms with Gasteiger partial charge in [-0.25, -0.2) is 0 Å². The summed E-state index contributed by atoms with van der Waals surface area (Å²) in [7, 11) is 1.60. The summed E-state index contributed by atoms with van der Waals surface area (Å²) in [5.74, 6) is -1.65. The van der Waals surface area contributed by atoms with E-state index in [0.717, 1.165) is 0 Å². The number of benzene rings is 1. The van der Waals surface area contributed by atoms with Crippen LogP contribution in [0.15, 0.2) is 18.2 Å². The van der Waals surface area contributed by atoms with Crippen LogP contribution in [0.4, 0.5) is 11.4 Å². The second-order valence-electron chi connectivity index (χ2n) is 3.74. The summed E-state index contributed by atoms with van der Waals surface area (Å²) in [4.78, 5) is 34.6. The summed E-state index contributed by atoms with van der Waals surface area (Å²) < 4.78 is 5.22. The Bertz CT molecular complexity index is 541. The molecule has 0 aromatic heterocycles. The highest BCUT2D eigenvalue weighted by atomic mass is 16.5. The minimum atomic E-state index is -1.08. The standard InChI is InChI=1S/C11H11N3O4/c1-14-7-4-6(13-11(17)10(12)16)2-3-8(7)18-5-9(14)15/h2-4H,5H2,1H3,(H2,12,16)(H,13,17). The molecule has 0 aliphatic carbocycles. The number of ether oxygens (including phenoxy) is 1.